The molecule has 0 aromatic rings. The highest BCUT2D eigenvalue weighted by atomic mass is 16.3. The molecule has 0 aromatic heterocycles. The molecule has 1 N–H and O–H groups in total. The van der Waals surface area contributed by atoms with Gasteiger partial charge in [-0.15, -0.1) is 0 Å². The Kier molecular flexibility index (Phi) is 3.94. The molecule has 3 nitrogen and oxygen atoms in total. The first-order valence-corrected chi connectivity index (χ1v) is 10.4. The van der Waals surface area contributed by atoms with Crippen molar-refractivity contribution in [2.24, 2.45) is 28.6 Å². The van der Waals surface area contributed by atoms with Gasteiger partial charge in [0.15, 0.2) is 11.6 Å². The molecule has 0 aromatic carbocycles. The molecule has 142 valence electrons. The van der Waals surface area contributed by atoms with E-state index in [9.17, 15) is 14.7 Å². The standard InChI is InChI=1S/C23H32O3/c1-5-19(25)23(26)11-8-18-20-14(2)12-15-13-16(24)6-9-21(15,3)17(20)7-10-22(18,23)4/h7,13-14,18,20,26H,5-6,8-12H2,1-4H3/t14?,18?,20?,21-,22-,23-/m0/s1. The Morgan fingerprint density at radius 2 is 2.04 bits per heavy atom. The summed E-state index contributed by atoms with van der Waals surface area (Å²) in [5, 5.41) is 11.4. The van der Waals surface area contributed by atoms with Gasteiger partial charge in [-0.3, -0.25) is 9.59 Å². The third-order valence-electron chi connectivity index (χ3n) is 8.61. The first kappa shape index (κ1) is 18.2. The minimum Gasteiger partial charge on any atom is -0.381 e. The van der Waals surface area contributed by atoms with E-state index in [4.69, 9.17) is 0 Å². The largest absolute Gasteiger partial charge is 0.381 e. The monoisotopic (exact) mass is 356 g/mol. The molecule has 0 radical (unpaired) electrons. The van der Waals surface area contributed by atoms with Gasteiger partial charge in [-0.1, -0.05) is 44.9 Å². The summed E-state index contributed by atoms with van der Waals surface area (Å²) >= 11 is 0. The Labute approximate surface area is 156 Å². The summed E-state index contributed by atoms with van der Waals surface area (Å²) in [7, 11) is 0. The molecule has 0 heterocycles. The lowest BCUT2D eigenvalue weighted by Crippen LogP contribution is -2.55. The summed E-state index contributed by atoms with van der Waals surface area (Å²) in [5.41, 5.74) is 1.27. The number of aliphatic hydroxyl groups is 1. The van der Waals surface area contributed by atoms with Gasteiger partial charge in [0, 0.05) is 23.7 Å². The second kappa shape index (κ2) is 5.64. The van der Waals surface area contributed by atoms with Crippen LogP contribution >= 0.6 is 0 Å². The van der Waals surface area contributed by atoms with Gasteiger partial charge in [-0.2, -0.15) is 0 Å². The number of carbonyl (C=O) groups excluding carboxylic acids is 2. The van der Waals surface area contributed by atoms with E-state index in [1.54, 1.807) is 0 Å². The maximum absolute atomic E-state index is 12.6. The number of allylic oxidation sites excluding steroid dienone is 4. The molecule has 4 aliphatic rings. The zero-order valence-electron chi connectivity index (χ0n) is 16.6. The van der Waals surface area contributed by atoms with Gasteiger partial charge in [-0.25, -0.2) is 0 Å². The van der Waals surface area contributed by atoms with Gasteiger partial charge in [0.25, 0.3) is 0 Å². The van der Waals surface area contributed by atoms with Crippen molar-refractivity contribution in [3.63, 3.8) is 0 Å². The highest BCUT2D eigenvalue weighted by Gasteiger charge is 2.64. The van der Waals surface area contributed by atoms with Crippen molar-refractivity contribution < 1.29 is 14.7 Å². The van der Waals surface area contributed by atoms with E-state index in [0.717, 1.165) is 25.7 Å². The molecule has 3 unspecified atom stereocenters. The minimum atomic E-state index is -1.17. The number of Topliss-reactive ketones (excluding diaryl/α,β-unsaturated/α-hetero) is 1. The van der Waals surface area contributed by atoms with Crippen LogP contribution in [0.25, 0.3) is 0 Å². The molecular weight excluding hydrogens is 324 g/mol. The van der Waals surface area contributed by atoms with Crippen molar-refractivity contribution in [3.05, 3.63) is 23.3 Å². The van der Waals surface area contributed by atoms with Gasteiger partial charge in [0.2, 0.25) is 0 Å². The minimum absolute atomic E-state index is 0.00187. The Morgan fingerprint density at radius 1 is 1.31 bits per heavy atom. The van der Waals surface area contributed by atoms with Crippen LogP contribution in [0.1, 0.15) is 72.6 Å². The topological polar surface area (TPSA) is 54.4 Å². The van der Waals surface area contributed by atoms with E-state index < -0.39 is 5.60 Å². The van der Waals surface area contributed by atoms with Gasteiger partial charge < -0.3 is 5.11 Å². The third kappa shape index (κ3) is 2.10. The normalized spacial score (nSPS) is 47.4. The average Bonchev–Trinajstić information content (AvgIpc) is 2.88. The molecule has 0 bridgehead atoms. The van der Waals surface area contributed by atoms with Crippen molar-refractivity contribution in [1.29, 1.82) is 0 Å². The zero-order valence-corrected chi connectivity index (χ0v) is 16.6. The summed E-state index contributed by atoms with van der Waals surface area (Å²) in [6.07, 6.45) is 9.49. The van der Waals surface area contributed by atoms with Gasteiger partial charge in [-0.05, 0) is 55.9 Å². The summed E-state index contributed by atoms with van der Waals surface area (Å²) in [4.78, 5) is 24.6. The second-order valence-electron chi connectivity index (χ2n) is 9.74. The van der Waals surface area contributed by atoms with Crippen molar-refractivity contribution in [1.82, 2.24) is 0 Å². The summed E-state index contributed by atoms with van der Waals surface area (Å²) in [6.45, 7) is 8.62. The smallest absolute Gasteiger partial charge is 0.164 e. The number of hydrogen-bond donors (Lipinski definition) is 1. The lowest BCUT2D eigenvalue weighted by molar-refractivity contribution is -0.153. The maximum Gasteiger partial charge on any atom is 0.164 e. The first-order valence-electron chi connectivity index (χ1n) is 10.4. The summed E-state index contributed by atoms with van der Waals surface area (Å²) < 4.78 is 0. The van der Waals surface area contributed by atoms with Crippen LogP contribution in [0.3, 0.4) is 0 Å². The Hall–Kier alpha value is -1.22. The van der Waals surface area contributed by atoms with E-state index in [0.29, 0.717) is 37.0 Å². The van der Waals surface area contributed by atoms with Crippen molar-refractivity contribution in [2.45, 2.75) is 78.2 Å². The first-order chi connectivity index (χ1) is 12.2. The Bertz CT molecular complexity index is 732. The second-order valence-corrected chi connectivity index (χ2v) is 9.74. The Morgan fingerprint density at radius 3 is 2.73 bits per heavy atom. The number of rotatable bonds is 2. The molecule has 0 aliphatic heterocycles. The zero-order chi connectivity index (χ0) is 18.9. The fraction of sp³-hybridized carbons (Fsp3) is 0.739. The number of hydrogen-bond acceptors (Lipinski definition) is 3. The molecule has 6 atom stereocenters. The van der Waals surface area contributed by atoms with Crippen LogP contribution in [0.15, 0.2) is 23.3 Å². The van der Waals surface area contributed by atoms with E-state index in [1.807, 2.05) is 13.0 Å². The van der Waals surface area contributed by atoms with Crippen LogP contribution in [0.2, 0.25) is 0 Å². The molecule has 26 heavy (non-hydrogen) atoms. The molecular formula is C23H32O3. The molecule has 2 fully saturated rings. The number of ketones is 2. The van der Waals surface area contributed by atoms with Gasteiger partial charge >= 0.3 is 0 Å². The van der Waals surface area contributed by atoms with Crippen LogP contribution in [0, 0.1) is 28.6 Å². The molecule has 4 rings (SSSR count). The molecule has 0 amide bonds. The maximum atomic E-state index is 12.6. The van der Waals surface area contributed by atoms with E-state index in [-0.39, 0.29) is 22.4 Å². The van der Waals surface area contributed by atoms with E-state index >= 15 is 0 Å². The van der Waals surface area contributed by atoms with Crippen molar-refractivity contribution in [2.75, 3.05) is 0 Å². The lowest BCUT2D eigenvalue weighted by Gasteiger charge is -2.56. The molecule has 0 spiro atoms. The highest BCUT2D eigenvalue weighted by Crippen LogP contribution is 2.66. The quantitative estimate of drug-likeness (QED) is 0.746. The van der Waals surface area contributed by atoms with Crippen LogP contribution in [-0.2, 0) is 9.59 Å². The predicted octanol–water partition coefficient (Wildman–Crippen LogP) is 4.39. The molecule has 2 saturated carbocycles. The number of fused-ring (bicyclic) bond motifs is 5. The summed E-state index contributed by atoms with van der Waals surface area (Å²) in [5.74, 6) is 1.51. The fourth-order valence-corrected chi connectivity index (χ4v) is 6.94. The average molecular weight is 357 g/mol. The SMILES string of the molecule is CCC(=O)[C@@]1(O)CCC2C3C(=CC[C@@]21C)[C@@]1(C)CCC(=O)C=C1CC3C. The lowest BCUT2D eigenvalue weighted by atomic mass is 9.48. The van der Waals surface area contributed by atoms with Crippen molar-refractivity contribution >= 4 is 11.6 Å². The fourth-order valence-electron chi connectivity index (χ4n) is 6.94. The van der Waals surface area contributed by atoms with E-state index in [1.165, 1.54) is 11.1 Å². The molecule has 3 heteroatoms. The van der Waals surface area contributed by atoms with Crippen LogP contribution in [0.5, 0.6) is 0 Å². The Balaban J connectivity index is 1.80. The summed E-state index contributed by atoms with van der Waals surface area (Å²) in [6, 6.07) is 0. The highest BCUT2D eigenvalue weighted by molar-refractivity contribution is 5.92. The van der Waals surface area contributed by atoms with Crippen LogP contribution in [-0.4, -0.2) is 22.3 Å². The molecule has 4 aliphatic carbocycles. The van der Waals surface area contributed by atoms with Crippen LogP contribution < -0.4 is 0 Å². The van der Waals surface area contributed by atoms with Crippen LogP contribution in [0.4, 0.5) is 0 Å². The van der Waals surface area contributed by atoms with Gasteiger partial charge in [0.05, 0.1) is 0 Å². The molecule has 0 saturated heterocycles. The third-order valence-corrected chi connectivity index (χ3v) is 8.61. The van der Waals surface area contributed by atoms with E-state index in [2.05, 4.69) is 26.8 Å². The predicted molar refractivity (Wildman–Crippen MR) is 101 cm³/mol. The number of carbonyl (C=O) groups is 2. The van der Waals surface area contributed by atoms with Gasteiger partial charge in [0.1, 0.15) is 5.60 Å². The van der Waals surface area contributed by atoms with Crippen molar-refractivity contribution in [3.8, 4) is 0 Å².